The highest BCUT2D eigenvalue weighted by atomic mass is 16.5. The number of ether oxygens (including phenoxy) is 1. The molecule has 1 N–H and O–H groups in total. The van der Waals surface area contributed by atoms with Gasteiger partial charge in [-0.25, -0.2) is 0 Å². The van der Waals surface area contributed by atoms with Gasteiger partial charge in [0.15, 0.2) is 0 Å². The van der Waals surface area contributed by atoms with Gasteiger partial charge in [-0.15, -0.1) is 0 Å². The second-order valence-corrected chi connectivity index (χ2v) is 4.16. The van der Waals surface area contributed by atoms with Gasteiger partial charge in [-0.2, -0.15) is 0 Å². The predicted molar refractivity (Wildman–Crippen MR) is 62.9 cm³/mol. The van der Waals surface area contributed by atoms with E-state index in [0.717, 1.165) is 26.2 Å². The van der Waals surface area contributed by atoms with E-state index < -0.39 is 0 Å². The number of hydrogen-bond acceptors (Lipinski definition) is 4. The van der Waals surface area contributed by atoms with Gasteiger partial charge in [0, 0.05) is 33.3 Å². The van der Waals surface area contributed by atoms with Gasteiger partial charge < -0.3 is 19.4 Å². The molecule has 0 saturated carbocycles. The molecule has 0 atom stereocenters. The lowest BCUT2D eigenvalue weighted by atomic mass is 10.2. The van der Waals surface area contributed by atoms with E-state index in [9.17, 15) is 4.79 Å². The number of carbonyl (C=O) groups excluding carboxylic acids is 1. The van der Waals surface area contributed by atoms with Gasteiger partial charge in [-0.3, -0.25) is 4.79 Å². The number of nitrogens with zero attached hydrogens (tertiary/aromatic N) is 1. The van der Waals surface area contributed by atoms with Crippen LogP contribution in [-0.2, 0) is 11.3 Å². The smallest absolute Gasteiger partial charge is 0.257 e. The number of piperazine rings is 1. The molecule has 1 aliphatic rings. The minimum atomic E-state index is 0.0510. The highest BCUT2D eigenvalue weighted by Gasteiger charge is 2.22. The number of methoxy groups -OCH3 is 1. The Morgan fingerprint density at radius 3 is 2.88 bits per heavy atom. The minimum absolute atomic E-state index is 0.0510. The average Bonchev–Trinajstić information content (AvgIpc) is 2.71. The molecule has 0 bridgehead atoms. The van der Waals surface area contributed by atoms with Crippen molar-refractivity contribution in [1.29, 1.82) is 0 Å². The lowest BCUT2D eigenvalue weighted by Gasteiger charge is -2.27. The minimum Gasteiger partial charge on any atom is -0.463 e. The summed E-state index contributed by atoms with van der Waals surface area (Å²) in [5.74, 6) is 1.42. The molecule has 0 aromatic carbocycles. The molecule has 1 aromatic heterocycles. The average molecular weight is 238 g/mol. The summed E-state index contributed by atoms with van der Waals surface area (Å²) in [5.41, 5.74) is 0.652. The number of nitrogens with one attached hydrogen (secondary N) is 1. The highest BCUT2D eigenvalue weighted by Crippen LogP contribution is 2.17. The van der Waals surface area contributed by atoms with Crippen LogP contribution >= 0.6 is 0 Å². The molecular formula is C12H18N2O3. The van der Waals surface area contributed by atoms with Crippen molar-refractivity contribution in [3.8, 4) is 0 Å². The van der Waals surface area contributed by atoms with Crippen LogP contribution < -0.4 is 5.32 Å². The number of carbonyl (C=O) groups is 1. The molecular weight excluding hydrogens is 220 g/mol. The first-order valence-electron chi connectivity index (χ1n) is 5.80. The van der Waals surface area contributed by atoms with Crippen molar-refractivity contribution in [2.24, 2.45) is 0 Å². The maximum Gasteiger partial charge on any atom is 0.257 e. The first-order chi connectivity index (χ1) is 8.22. The summed E-state index contributed by atoms with van der Waals surface area (Å²) in [5, 5.41) is 3.22. The molecule has 1 amide bonds. The third kappa shape index (κ3) is 2.68. The summed E-state index contributed by atoms with van der Waals surface area (Å²) in [4.78, 5) is 14.1. The first-order valence-corrected chi connectivity index (χ1v) is 5.80. The standard InChI is InChI=1S/C12H18N2O3/c1-9-11(7-10(17-9)8-16-2)12(15)14-5-3-13-4-6-14/h7,13H,3-6,8H2,1-2H3. The number of rotatable bonds is 3. The molecule has 2 rings (SSSR count). The van der Waals surface area contributed by atoms with E-state index in [1.807, 2.05) is 11.8 Å². The fraction of sp³-hybridized carbons (Fsp3) is 0.583. The van der Waals surface area contributed by atoms with Gasteiger partial charge in [0.05, 0.1) is 5.56 Å². The van der Waals surface area contributed by atoms with E-state index in [4.69, 9.17) is 9.15 Å². The zero-order valence-corrected chi connectivity index (χ0v) is 10.3. The van der Waals surface area contributed by atoms with E-state index in [1.54, 1.807) is 13.2 Å². The first kappa shape index (κ1) is 12.1. The normalized spacial score (nSPS) is 16.2. The monoisotopic (exact) mass is 238 g/mol. The van der Waals surface area contributed by atoms with E-state index in [0.29, 0.717) is 23.7 Å². The molecule has 5 heteroatoms. The third-order valence-corrected chi connectivity index (χ3v) is 2.89. The van der Waals surface area contributed by atoms with Crippen LogP contribution in [0, 0.1) is 6.92 Å². The molecule has 94 valence electrons. The predicted octanol–water partition coefficient (Wildman–Crippen LogP) is 0.780. The Hall–Kier alpha value is -1.33. The number of furan rings is 1. The molecule has 17 heavy (non-hydrogen) atoms. The van der Waals surface area contributed by atoms with Crippen LogP contribution in [0.1, 0.15) is 21.9 Å². The molecule has 0 aliphatic carbocycles. The van der Waals surface area contributed by atoms with Crippen LogP contribution in [-0.4, -0.2) is 44.1 Å². The van der Waals surface area contributed by atoms with Crippen LogP contribution in [0.2, 0.25) is 0 Å². The summed E-state index contributed by atoms with van der Waals surface area (Å²) in [6.45, 7) is 5.43. The van der Waals surface area contributed by atoms with Gasteiger partial charge in [-0.05, 0) is 13.0 Å². The fourth-order valence-corrected chi connectivity index (χ4v) is 2.01. The van der Waals surface area contributed by atoms with Gasteiger partial charge in [0.1, 0.15) is 18.1 Å². The Morgan fingerprint density at radius 2 is 2.24 bits per heavy atom. The maximum absolute atomic E-state index is 12.2. The lowest BCUT2D eigenvalue weighted by Crippen LogP contribution is -2.46. The third-order valence-electron chi connectivity index (χ3n) is 2.89. The van der Waals surface area contributed by atoms with E-state index in [1.165, 1.54) is 0 Å². The Bertz CT molecular complexity index is 394. The molecule has 1 saturated heterocycles. The summed E-state index contributed by atoms with van der Waals surface area (Å²) in [7, 11) is 1.61. The van der Waals surface area contributed by atoms with Crippen molar-refractivity contribution in [3.63, 3.8) is 0 Å². The maximum atomic E-state index is 12.2. The van der Waals surface area contributed by atoms with E-state index >= 15 is 0 Å². The largest absolute Gasteiger partial charge is 0.463 e. The quantitative estimate of drug-likeness (QED) is 0.845. The van der Waals surface area contributed by atoms with E-state index in [2.05, 4.69) is 5.32 Å². The fourth-order valence-electron chi connectivity index (χ4n) is 2.01. The molecule has 0 radical (unpaired) electrons. The summed E-state index contributed by atoms with van der Waals surface area (Å²) in [6, 6.07) is 1.78. The van der Waals surface area contributed by atoms with Crippen molar-refractivity contribution in [1.82, 2.24) is 10.2 Å². The summed E-state index contributed by atoms with van der Waals surface area (Å²) < 4.78 is 10.5. The zero-order valence-electron chi connectivity index (χ0n) is 10.3. The molecule has 0 unspecified atom stereocenters. The number of hydrogen-bond donors (Lipinski definition) is 1. The van der Waals surface area contributed by atoms with Crippen LogP contribution in [0.25, 0.3) is 0 Å². The second-order valence-electron chi connectivity index (χ2n) is 4.16. The number of amides is 1. The van der Waals surface area contributed by atoms with Crippen molar-refractivity contribution in [2.75, 3.05) is 33.3 Å². The Balaban J connectivity index is 2.12. The highest BCUT2D eigenvalue weighted by molar-refractivity contribution is 5.95. The summed E-state index contributed by atoms with van der Waals surface area (Å²) in [6.07, 6.45) is 0. The molecule has 1 fully saturated rings. The van der Waals surface area contributed by atoms with Gasteiger partial charge in [0.25, 0.3) is 5.91 Å². The van der Waals surface area contributed by atoms with Crippen LogP contribution in [0.15, 0.2) is 10.5 Å². The van der Waals surface area contributed by atoms with Crippen LogP contribution in [0.5, 0.6) is 0 Å². The van der Waals surface area contributed by atoms with Crippen LogP contribution in [0.3, 0.4) is 0 Å². The summed E-state index contributed by atoms with van der Waals surface area (Å²) >= 11 is 0. The van der Waals surface area contributed by atoms with Gasteiger partial charge in [0.2, 0.25) is 0 Å². The second kappa shape index (κ2) is 5.33. The molecule has 1 aliphatic heterocycles. The van der Waals surface area contributed by atoms with E-state index in [-0.39, 0.29) is 5.91 Å². The SMILES string of the molecule is COCc1cc(C(=O)N2CCNCC2)c(C)o1. The molecule has 0 spiro atoms. The Morgan fingerprint density at radius 1 is 1.53 bits per heavy atom. The van der Waals surface area contributed by atoms with Gasteiger partial charge in [-0.1, -0.05) is 0 Å². The Labute approximate surface area is 101 Å². The topological polar surface area (TPSA) is 54.7 Å². The van der Waals surface area contributed by atoms with Gasteiger partial charge >= 0.3 is 0 Å². The molecule has 2 heterocycles. The van der Waals surface area contributed by atoms with Crippen molar-refractivity contribution >= 4 is 5.91 Å². The number of aryl methyl sites for hydroxylation is 1. The zero-order chi connectivity index (χ0) is 12.3. The van der Waals surface area contributed by atoms with Crippen LogP contribution in [0.4, 0.5) is 0 Å². The van der Waals surface area contributed by atoms with Crippen molar-refractivity contribution in [3.05, 3.63) is 23.2 Å². The molecule has 5 nitrogen and oxygen atoms in total. The molecule has 1 aromatic rings. The lowest BCUT2D eigenvalue weighted by molar-refractivity contribution is 0.0734. The van der Waals surface area contributed by atoms with Crippen molar-refractivity contribution < 1.29 is 13.9 Å². The Kier molecular flexibility index (Phi) is 3.81. The van der Waals surface area contributed by atoms with Crippen molar-refractivity contribution in [2.45, 2.75) is 13.5 Å².